The zero-order valence-electron chi connectivity index (χ0n) is 14.8. The standard InChI is InChI=1S/C18H20F3N5O/c1-3-15-17(23-10(2)22)26(12-4-6-27-7-5-12)18(24-15)25-16-13(20)8-11(19)9-14(16)21/h3,8-9,12H,2,4-7,22H2,1H3,(H,24,25)/b15-3+,23-17+. The van der Waals surface area contributed by atoms with Crippen LogP contribution in [0.2, 0.25) is 0 Å². The minimum atomic E-state index is -1.09. The zero-order valence-corrected chi connectivity index (χ0v) is 14.8. The number of ether oxygens (including phenoxy) is 1. The monoisotopic (exact) mass is 379 g/mol. The second kappa shape index (κ2) is 7.83. The molecule has 3 N–H and O–H groups in total. The Balaban J connectivity index is 2.11. The van der Waals surface area contributed by atoms with E-state index in [-0.39, 0.29) is 17.8 Å². The second-order valence-corrected chi connectivity index (χ2v) is 6.12. The Labute approximate surface area is 154 Å². The predicted molar refractivity (Wildman–Crippen MR) is 96.7 cm³/mol. The summed E-state index contributed by atoms with van der Waals surface area (Å²) in [5, 5.41) is 3.00. The summed E-state index contributed by atoms with van der Waals surface area (Å²) in [5.74, 6) is -2.47. The smallest absolute Gasteiger partial charge is 0.210 e. The molecule has 6 nitrogen and oxygen atoms in total. The summed E-state index contributed by atoms with van der Waals surface area (Å²) in [5.41, 5.74) is 5.65. The Hall–Kier alpha value is -2.81. The lowest BCUT2D eigenvalue weighted by Crippen LogP contribution is -2.44. The Bertz CT molecular complexity index is 820. The van der Waals surface area contributed by atoms with Crippen LogP contribution < -0.4 is 11.1 Å². The van der Waals surface area contributed by atoms with E-state index in [1.54, 1.807) is 17.9 Å². The first-order valence-electron chi connectivity index (χ1n) is 8.47. The number of aliphatic imine (C=N–C) groups is 2. The van der Waals surface area contributed by atoms with Gasteiger partial charge >= 0.3 is 0 Å². The van der Waals surface area contributed by atoms with Crippen LogP contribution in [0.5, 0.6) is 0 Å². The number of nitrogens with two attached hydrogens (primary N) is 1. The predicted octanol–water partition coefficient (Wildman–Crippen LogP) is 2.91. The maximum Gasteiger partial charge on any atom is 0.210 e. The molecule has 0 amide bonds. The molecule has 0 radical (unpaired) electrons. The van der Waals surface area contributed by atoms with Crippen molar-refractivity contribution in [1.82, 2.24) is 10.2 Å². The molecule has 2 aliphatic heterocycles. The fraction of sp³-hybridized carbons (Fsp3) is 0.333. The summed E-state index contributed by atoms with van der Waals surface area (Å²) in [7, 11) is 0. The van der Waals surface area contributed by atoms with Crippen molar-refractivity contribution in [3.8, 4) is 0 Å². The maximum absolute atomic E-state index is 14.1. The van der Waals surface area contributed by atoms with E-state index in [9.17, 15) is 13.2 Å². The number of guanidine groups is 1. The van der Waals surface area contributed by atoms with E-state index in [1.807, 2.05) is 0 Å². The number of nitrogens with zero attached hydrogens (tertiary/aromatic N) is 3. The lowest BCUT2D eigenvalue weighted by molar-refractivity contribution is 0.0680. The van der Waals surface area contributed by atoms with Crippen LogP contribution in [-0.2, 0) is 4.74 Å². The van der Waals surface area contributed by atoms with Crippen LogP contribution in [0.3, 0.4) is 0 Å². The molecule has 0 unspecified atom stereocenters. The molecular weight excluding hydrogens is 359 g/mol. The van der Waals surface area contributed by atoms with E-state index < -0.39 is 23.1 Å². The molecule has 2 heterocycles. The summed E-state index contributed by atoms with van der Waals surface area (Å²) in [4.78, 5) is 10.1. The molecule has 0 aromatic heterocycles. The molecular formula is C18H20F3N5O. The van der Waals surface area contributed by atoms with E-state index in [2.05, 4.69) is 21.9 Å². The van der Waals surface area contributed by atoms with Crippen molar-refractivity contribution in [3.05, 3.63) is 53.8 Å². The number of nitrogens with one attached hydrogen (secondary N) is 1. The minimum Gasteiger partial charge on any atom is -0.384 e. The molecule has 9 heteroatoms. The van der Waals surface area contributed by atoms with Crippen LogP contribution in [-0.4, -0.2) is 36.0 Å². The fourth-order valence-electron chi connectivity index (χ4n) is 3.04. The summed E-state index contributed by atoms with van der Waals surface area (Å²) < 4.78 is 46.8. The highest BCUT2D eigenvalue weighted by Gasteiger charge is 2.36. The number of amidine groups is 1. The first-order chi connectivity index (χ1) is 12.9. The van der Waals surface area contributed by atoms with Crippen LogP contribution >= 0.6 is 0 Å². The molecule has 27 heavy (non-hydrogen) atoms. The number of rotatable bonds is 3. The van der Waals surface area contributed by atoms with E-state index in [1.165, 1.54) is 0 Å². The third-order valence-corrected chi connectivity index (χ3v) is 4.24. The van der Waals surface area contributed by atoms with Crippen molar-refractivity contribution in [2.75, 3.05) is 13.2 Å². The molecule has 2 fully saturated rings. The van der Waals surface area contributed by atoms with Crippen molar-refractivity contribution < 1.29 is 17.9 Å². The number of hydrogen-bond donors (Lipinski definition) is 2. The second-order valence-electron chi connectivity index (χ2n) is 6.12. The lowest BCUT2D eigenvalue weighted by Gasteiger charge is -2.31. The van der Waals surface area contributed by atoms with Gasteiger partial charge in [0.05, 0.1) is 5.70 Å². The highest BCUT2D eigenvalue weighted by atomic mass is 19.1. The number of hydrogen-bond acceptors (Lipinski definition) is 4. The molecule has 0 atom stereocenters. The van der Waals surface area contributed by atoms with Crippen LogP contribution in [0.15, 0.2) is 46.3 Å². The van der Waals surface area contributed by atoms with E-state index >= 15 is 0 Å². The van der Waals surface area contributed by atoms with Gasteiger partial charge in [0, 0.05) is 31.4 Å². The van der Waals surface area contributed by atoms with Crippen molar-refractivity contribution in [2.45, 2.75) is 25.8 Å². The first kappa shape index (κ1) is 19.0. The largest absolute Gasteiger partial charge is 0.384 e. The summed E-state index contributed by atoms with van der Waals surface area (Å²) in [6, 6.07) is 1.11. The van der Waals surface area contributed by atoms with E-state index in [4.69, 9.17) is 10.5 Å². The van der Waals surface area contributed by atoms with Crippen molar-refractivity contribution in [2.24, 2.45) is 15.7 Å². The summed E-state index contributed by atoms with van der Waals surface area (Å²) in [6.07, 6.45) is 3.08. The van der Waals surface area contributed by atoms with E-state index in [0.29, 0.717) is 49.7 Å². The van der Waals surface area contributed by atoms with Gasteiger partial charge in [-0.15, -0.1) is 0 Å². The SMILES string of the molecule is C=C(N)/N=C1\C(=C/C)NC(=Nc2c(F)cc(F)cc2F)N1C1CCOCC1. The third-order valence-electron chi connectivity index (χ3n) is 4.24. The number of allylic oxidation sites excluding steroid dienone is 1. The fourth-order valence-corrected chi connectivity index (χ4v) is 3.04. The molecule has 2 saturated heterocycles. The van der Waals surface area contributed by atoms with Crippen LogP contribution in [0.1, 0.15) is 19.8 Å². The minimum absolute atomic E-state index is 0.0629. The quantitative estimate of drug-likeness (QED) is 0.847. The summed E-state index contributed by atoms with van der Waals surface area (Å²) in [6.45, 7) is 6.45. The Kier molecular flexibility index (Phi) is 5.50. The van der Waals surface area contributed by atoms with Gasteiger partial charge in [-0.2, -0.15) is 0 Å². The van der Waals surface area contributed by atoms with Gasteiger partial charge < -0.3 is 15.8 Å². The van der Waals surface area contributed by atoms with Gasteiger partial charge in [0.1, 0.15) is 17.3 Å². The average molecular weight is 379 g/mol. The molecule has 0 spiro atoms. The van der Waals surface area contributed by atoms with Gasteiger partial charge in [-0.25, -0.2) is 23.2 Å². The normalized spacial score (nSPS) is 22.7. The molecule has 0 aliphatic carbocycles. The van der Waals surface area contributed by atoms with Crippen LogP contribution in [0.25, 0.3) is 0 Å². The van der Waals surface area contributed by atoms with Crippen LogP contribution in [0.4, 0.5) is 18.9 Å². The van der Waals surface area contributed by atoms with Gasteiger partial charge in [0.2, 0.25) is 5.96 Å². The van der Waals surface area contributed by atoms with Gasteiger partial charge in [0.15, 0.2) is 17.5 Å². The van der Waals surface area contributed by atoms with Gasteiger partial charge in [0.25, 0.3) is 0 Å². The highest BCUT2D eigenvalue weighted by molar-refractivity contribution is 6.17. The Morgan fingerprint density at radius 1 is 1.30 bits per heavy atom. The number of halogens is 3. The molecule has 144 valence electrons. The summed E-state index contributed by atoms with van der Waals surface area (Å²) >= 11 is 0. The van der Waals surface area contributed by atoms with Gasteiger partial charge in [-0.1, -0.05) is 12.7 Å². The molecule has 0 saturated carbocycles. The third kappa shape index (κ3) is 3.97. The topological polar surface area (TPSA) is 75.2 Å². The van der Waals surface area contributed by atoms with E-state index in [0.717, 1.165) is 0 Å². The first-order valence-corrected chi connectivity index (χ1v) is 8.47. The zero-order chi connectivity index (χ0) is 19.6. The molecule has 2 aliphatic rings. The Morgan fingerprint density at radius 2 is 1.93 bits per heavy atom. The van der Waals surface area contributed by atoms with Gasteiger partial charge in [-0.3, -0.25) is 4.90 Å². The van der Waals surface area contributed by atoms with Crippen molar-refractivity contribution in [3.63, 3.8) is 0 Å². The molecule has 3 rings (SSSR count). The lowest BCUT2D eigenvalue weighted by atomic mass is 10.1. The van der Waals surface area contributed by atoms with Crippen molar-refractivity contribution in [1.29, 1.82) is 0 Å². The molecule has 1 aromatic carbocycles. The number of benzene rings is 1. The Morgan fingerprint density at radius 3 is 2.48 bits per heavy atom. The maximum atomic E-state index is 14.1. The molecule has 1 aromatic rings. The van der Waals surface area contributed by atoms with Crippen LogP contribution in [0, 0.1) is 17.5 Å². The van der Waals surface area contributed by atoms with Crippen molar-refractivity contribution >= 4 is 17.5 Å². The van der Waals surface area contributed by atoms with Gasteiger partial charge in [-0.05, 0) is 19.8 Å². The average Bonchev–Trinajstić information content (AvgIpc) is 2.95. The highest BCUT2D eigenvalue weighted by Crippen LogP contribution is 2.28. The molecule has 0 bridgehead atoms.